The van der Waals surface area contributed by atoms with Gasteiger partial charge in [0.05, 0.1) is 6.61 Å². The number of hydrogen-bond donors (Lipinski definition) is 1. The van der Waals surface area contributed by atoms with Crippen LogP contribution in [0.3, 0.4) is 0 Å². The number of benzene rings is 2. The average Bonchev–Trinajstić information content (AvgIpc) is 3.24. The van der Waals surface area contributed by atoms with Crippen molar-refractivity contribution in [1.29, 1.82) is 0 Å². The van der Waals surface area contributed by atoms with Gasteiger partial charge in [0.1, 0.15) is 6.17 Å². The first-order valence-corrected chi connectivity index (χ1v) is 11.0. The lowest BCUT2D eigenvalue weighted by molar-refractivity contribution is -0.127. The molecule has 1 aromatic heterocycles. The molecule has 2 aliphatic rings. The van der Waals surface area contributed by atoms with E-state index >= 15 is 0 Å². The molecule has 5 nitrogen and oxygen atoms in total. The second kappa shape index (κ2) is 7.80. The number of hydrogen-bond acceptors (Lipinski definition) is 3. The number of carbonyl (C=O) groups excluding carboxylic acids is 1. The summed E-state index contributed by atoms with van der Waals surface area (Å²) >= 11 is 0. The van der Waals surface area contributed by atoms with Crippen LogP contribution in [0.1, 0.15) is 32.6 Å². The number of aryl methyl sites for hydroxylation is 1. The molecule has 0 bridgehead atoms. The lowest BCUT2D eigenvalue weighted by Crippen LogP contribution is -2.42. The Kier molecular flexibility index (Phi) is 4.99. The van der Waals surface area contributed by atoms with Crippen LogP contribution >= 0.6 is 0 Å². The van der Waals surface area contributed by atoms with E-state index in [-0.39, 0.29) is 12.1 Å². The van der Waals surface area contributed by atoms with E-state index in [1.165, 1.54) is 27.4 Å². The van der Waals surface area contributed by atoms with Gasteiger partial charge in [-0.1, -0.05) is 18.2 Å². The van der Waals surface area contributed by atoms with Crippen LogP contribution < -0.4 is 5.32 Å². The maximum Gasteiger partial charge on any atom is 0.251 e. The molecule has 1 aliphatic heterocycles. The Bertz CT molecular complexity index is 1140. The molecule has 0 radical (unpaired) electrons. The number of nitrogens with one attached hydrogen (secondary N) is 1. The third-order valence-corrected chi connectivity index (χ3v) is 6.60. The van der Waals surface area contributed by atoms with Crippen molar-refractivity contribution in [2.24, 2.45) is 0 Å². The maximum atomic E-state index is 13.0. The molecule has 0 saturated heterocycles. The quantitative estimate of drug-likeness (QED) is 0.636. The smallest absolute Gasteiger partial charge is 0.251 e. The molecule has 3 aromatic rings. The van der Waals surface area contributed by atoms with E-state index in [0.29, 0.717) is 13.2 Å². The summed E-state index contributed by atoms with van der Waals surface area (Å²) in [5.74, 6) is 0.183. The van der Waals surface area contributed by atoms with Gasteiger partial charge in [-0.25, -0.2) is 0 Å². The highest BCUT2D eigenvalue weighted by atomic mass is 16.5. The van der Waals surface area contributed by atoms with Crippen LogP contribution in [0.2, 0.25) is 0 Å². The highest BCUT2D eigenvalue weighted by molar-refractivity contribution is 6.09. The number of para-hydroxylation sites is 1. The summed E-state index contributed by atoms with van der Waals surface area (Å²) in [6.07, 6.45) is 4.10. The largest absolute Gasteiger partial charge is 0.383 e. The fourth-order valence-corrected chi connectivity index (χ4v) is 5.18. The van der Waals surface area contributed by atoms with Crippen molar-refractivity contribution in [2.45, 2.75) is 45.3 Å². The summed E-state index contributed by atoms with van der Waals surface area (Å²) in [5.41, 5.74) is 5.88. The highest BCUT2D eigenvalue weighted by Crippen LogP contribution is 2.38. The fourth-order valence-electron chi connectivity index (χ4n) is 5.18. The van der Waals surface area contributed by atoms with Crippen molar-refractivity contribution in [1.82, 2.24) is 9.47 Å². The molecule has 2 aromatic carbocycles. The monoisotopic (exact) mass is 403 g/mol. The summed E-state index contributed by atoms with van der Waals surface area (Å²) in [5, 5.41) is 6.22. The van der Waals surface area contributed by atoms with Crippen molar-refractivity contribution in [3.8, 4) is 0 Å². The maximum absolute atomic E-state index is 13.0. The normalized spacial score (nSPS) is 19.2. The molecule has 0 spiro atoms. The number of methoxy groups -OCH3 is 1. The molecular formula is C25H29N3O2. The lowest BCUT2D eigenvalue weighted by atomic mass is 9.92. The molecular weight excluding hydrogens is 374 g/mol. The minimum atomic E-state index is -0.0695. The molecule has 30 heavy (non-hydrogen) atoms. The minimum Gasteiger partial charge on any atom is -0.383 e. The van der Waals surface area contributed by atoms with Crippen molar-refractivity contribution in [3.63, 3.8) is 0 Å². The molecule has 156 valence electrons. The van der Waals surface area contributed by atoms with Crippen LogP contribution in [0.4, 0.5) is 5.69 Å². The summed E-state index contributed by atoms with van der Waals surface area (Å²) in [6, 6.07) is 15.2. The molecule has 1 atom stereocenters. The van der Waals surface area contributed by atoms with Crippen molar-refractivity contribution in [2.75, 3.05) is 25.6 Å². The SMILES string of the molecule is CCn1c2ccccc2c2cc(N[C@H]3C4=C(CCCC4)C(=O)N3CCOC)ccc21. The number of ether oxygens (including phenoxy) is 1. The first-order chi connectivity index (χ1) is 14.7. The van der Waals surface area contributed by atoms with E-state index in [1.54, 1.807) is 7.11 Å². The number of rotatable bonds is 6. The first kappa shape index (κ1) is 19.2. The van der Waals surface area contributed by atoms with Gasteiger partial charge in [0, 0.05) is 53.3 Å². The predicted octanol–water partition coefficient (Wildman–Crippen LogP) is 4.91. The second-order valence-corrected chi connectivity index (χ2v) is 8.24. The topological polar surface area (TPSA) is 46.5 Å². The number of aromatic nitrogens is 1. The molecule has 1 aliphatic carbocycles. The van der Waals surface area contributed by atoms with Gasteiger partial charge in [-0.15, -0.1) is 0 Å². The summed E-state index contributed by atoms with van der Waals surface area (Å²) < 4.78 is 7.64. The summed E-state index contributed by atoms with van der Waals surface area (Å²) in [7, 11) is 1.69. The van der Waals surface area contributed by atoms with E-state index in [4.69, 9.17) is 4.74 Å². The molecule has 0 fully saturated rings. The number of fused-ring (bicyclic) bond motifs is 3. The number of nitrogens with zero attached hydrogens (tertiary/aromatic N) is 2. The first-order valence-electron chi connectivity index (χ1n) is 11.0. The van der Waals surface area contributed by atoms with Crippen LogP contribution in [-0.2, 0) is 16.1 Å². The second-order valence-electron chi connectivity index (χ2n) is 8.24. The Morgan fingerprint density at radius 3 is 2.70 bits per heavy atom. The van der Waals surface area contributed by atoms with Crippen molar-refractivity contribution in [3.05, 3.63) is 53.6 Å². The fraction of sp³-hybridized carbons (Fsp3) is 0.400. The van der Waals surface area contributed by atoms with Gasteiger partial charge in [0.2, 0.25) is 0 Å². The minimum absolute atomic E-state index is 0.0695. The van der Waals surface area contributed by atoms with Gasteiger partial charge in [0.25, 0.3) is 5.91 Å². The van der Waals surface area contributed by atoms with Crippen LogP contribution in [-0.4, -0.2) is 41.8 Å². The van der Waals surface area contributed by atoms with Crippen LogP contribution in [0.25, 0.3) is 21.8 Å². The van der Waals surface area contributed by atoms with E-state index < -0.39 is 0 Å². The van der Waals surface area contributed by atoms with Gasteiger partial charge < -0.3 is 19.5 Å². The van der Waals surface area contributed by atoms with Crippen molar-refractivity contribution >= 4 is 33.4 Å². The number of anilines is 1. The van der Waals surface area contributed by atoms with E-state index in [0.717, 1.165) is 43.5 Å². The molecule has 2 heterocycles. The van der Waals surface area contributed by atoms with E-state index in [1.807, 2.05) is 4.90 Å². The third-order valence-electron chi connectivity index (χ3n) is 6.60. The van der Waals surface area contributed by atoms with Gasteiger partial charge in [-0.05, 0) is 62.4 Å². The molecule has 1 amide bonds. The zero-order valence-corrected chi connectivity index (χ0v) is 17.8. The van der Waals surface area contributed by atoms with Crippen molar-refractivity contribution < 1.29 is 9.53 Å². The lowest BCUT2D eigenvalue weighted by Gasteiger charge is -2.29. The van der Waals surface area contributed by atoms with E-state index in [9.17, 15) is 4.79 Å². The zero-order valence-electron chi connectivity index (χ0n) is 17.8. The molecule has 0 unspecified atom stereocenters. The average molecular weight is 404 g/mol. The van der Waals surface area contributed by atoms with Crippen LogP contribution in [0.15, 0.2) is 53.6 Å². The van der Waals surface area contributed by atoms with Gasteiger partial charge >= 0.3 is 0 Å². The van der Waals surface area contributed by atoms with Gasteiger partial charge in [-0.2, -0.15) is 0 Å². The molecule has 0 saturated carbocycles. The highest BCUT2D eigenvalue weighted by Gasteiger charge is 2.39. The Hall–Kier alpha value is -2.79. The number of amides is 1. The van der Waals surface area contributed by atoms with Gasteiger partial charge in [0.15, 0.2) is 0 Å². The van der Waals surface area contributed by atoms with E-state index in [2.05, 4.69) is 59.3 Å². The predicted molar refractivity (Wildman–Crippen MR) is 122 cm³/mol. The molecule has 5 rings (SSSR count). The zero-order chi connectivity index (χ0) is 20.7. The Morgan fingerprint density at radius 2 is 1.87 bits per heavy atom. The Labute approximate surface area is 177 Å². The molecule has 5 heteroatoms. The summed E-state index contributed by atoms with van der Waals surface area (Å²) in [4.78, 5) is 15.0. The third kappa shape index (κ3) is 3.00. The summed E-state index contributed by atoms with van der Waals surface area (Å²) in [6.45, 7) is 4.28. The Balaban J connectivity index is 1.54. The van der Waals surface area contributed by atoms with Gasteiger partial charge in [-0.3, -0.25) is 4.79 Å². The standard InChI is InChI=1S/C25H29N3O2/c1-3-27-22-11-7-6-8-18(22)21-16-17(12-13-23(21)27)26-24-19-9-4-5-10-20(19)25(29)28(24)14-15-30-2/h6-8,11-13,16,24,26H,3-5,9-10,14-15H2,1-2H3/t24-/m1/s1. The van der Waals surface area contributed by atoms with Crippen LogP contribution in [0.5, 0.6) is 0 Å². The number of carbonyl (C=O) groups is 1. The van der Waals surface area contributed by atoms with Crippen LogP contribution in [0, 0.1) is 0 Å². The Morgan fingerprint density at radius 1 is 1.07 bits per heavy atom. The molecule has 1 N–H and O–H groups in total.